The van der Waals surface area contributed by atoms with Gasteiger partial charge in [0, 0.05) is 51.3 Å². The number of nitrogens with one attached hydrogen (secondary N) is 1. The molecule has 1 aliphatic carbocycles. The number of aromatic nitrogens is 5. The first kappa shape index (κ1) is 23.1. The zero-order chi connectivity index (χ0) is 24.6. The van der Waals surface area contributed by atoms with E-state index in [2.05, 4.69) is 25.0 Å². The summed E-state index contributed by atoms with van der Waals surface area (Å²) in [4.78, 5) is 14.2. The van der Waals surface area contributed by atoms with E-state index in [0.29, 0.717) is 45.7 Å². The van der Waals surface area contributed by atoms with Crippen molar-refractivity contribution < 1.29 is 8.42 Å². The van der Waals surface area contributed by atoms with E-state index in [9.17, 15) is 8.42 Å². The van der Waals surface area contributed by atoms with E-state index in [4.69, 9.17) is 0 Å². The average molecular weight is 507 g/mol. The van der Waals surface area contributed by atoms with Gasteiger partial charge in [-0.25, -0.2) is 9.97 Å². The fraction of sp³-hybridized carbons (Fsp3) is 0.400. The Morgan fingerprint density at radius 2 is 1.89 bits per heavy atom. The van der Waals surface area contributed by atoms with Crippen LogP contribution in [0.1, 0.15) is 18.4 Å². The number of aromatic amines is 1. The van der Waals surface area contributed by atoms with Crippen LogP contribution in [0.3, 0.4) is 0 Å². The van der Waals surface area contributed by atoms with Crippen LogP contribution in [0.2, 0.25) is 0 Å². The van der Waals surface area contributed by atoms with Crippen LogP contribution in [0.15, 0.2) is 67.4 Å². The third-order valence-electron chi connectivity index (χ3n) is 7.28. The van der Waals surface area contributed by atoms with Crippen LogP contribution in [0.4, 0.5) is 5.82 Å². The monoisotopic (exact) mass is 506 g/mol. The Kier molecular flexibility index (Phi) is 5.98. The van der Waals surface area contributed by atoms with E-state index in [-0.39, 0.29) is 5.54 Å². The highest BCUT2D eigenvalue weighted by Gasteiger charge is 2.57. The molecule has 1 aliphatic heterocycles. The Morgan fingerprint density at radius 1 is 1.03 bits per heavy atom. The maximum Gasteiger partial charge on any atom is 0.282 e. The molecule has 1 spiro atoms. The van der Waals surface area contributed by atoms with Gasteiger partial charge in [0.1, 0.15) is 17.8 Å². The summed E-state index contributed by atoms with van der Waals surface area (Å²) in [7, 11) is -3.67. The van der Waals surface area contributed by atoms with E-state index in [1.54, 1.807) is 25.8 Å². The van der Waals surface area contributed by atoms with E-state index in [1.165, 1.54) is 0 Å². The summed E-state index contributed by atoms with van der Waals surface area (Å²) in [6.45, 7) is 2.98. The van der Waals surface area contributed by atoms with Crippen molar-refractivity contribution in [3.8, 4) is 0 Å². The predicted molar refractivity (Wildman–Crippen MR) is 138 cm³/mol. The fourth-order valence-electron chi connectivity index (χ4n) is 5.19. The molecule has 0 amide bonds. The van der Waals surface area contributed by atoms with Crippen LogP contribution in [-0.2, 0) is 23.2 Å². The number of hydrogen-bond donors (Lipinski definition) is 1. The summed E-state index contributed by atoms with van der Waals surface area (Å²) in [6.07, 6.45) is 9.39. The van der Waals surface area contributed by atoms with Crippen molar-refractivity contribution in [1.29, 1.82) is 0 Å². The average Bonchev–Trinajstić information content (AvgIpc) is 3.28. The summed E-state index contributed by atoms with van der Waals surface area (Å²) < 4.78 is 33.4. The van der Waals surface area contributed by atoms with E-state index < -0.39 is 10.2 Å². The minimum absolute atomic E-state index is 0.378. The summed E-state index contributed by atoms with van der Waals surface area (Å²) in [6, 6.07) is 13.9. The Balaban J connectivity index is 1.23. The minimum Gasteiger partial charge on any atom is -0.353 e. The maximum atomic E-state index is 14.1. The lowest BCUT2D eigenvalue weighted by molar-refractivity contribution is 0.242. The molecule has 0 bridgehead atoms. The first-order chi connectivity index (χ1) is 17.6. The lowest BCUT2D eigenvalue weighted by atomic mass is 10.1. The van der Waals surface area contributed by atoms with Gasteiger partial charge in [0.05, 0.1) is 17.5 Å². The molecule has 2 fully saturated rings. The van der Waals surface area contributed by atoms with E-state index >= 15 is 0 Å². The van der Waals surface area contributed by atoms with Gasteiger partial charge >= 0.3 is 0 Å². The zero-order valence-electron chi connectivity index (χ0n) is 20.1. The largest absolute Gasteiger partial charge is 0.353 e. The molecule has 3 aromatic heterocycles. The van der Waals surface area contributed by atoms with Crippen LogP contribution >= 0.6 is 0 Å². The van der Waals surface area contributed by atoms with Gasteiger partial charge in [-0.3, -0.25) is 4.68 Å². The zero-order valence-corrected chi connectivity index (χ0v) is 20.9. The standard InChI is InChI=1S/C25H30N8O2S/c34-36(35,32(17-16-31-13-4-11-29-31)14-8-21-5-2-1-3-6-21)33-18-15-30(19-25(33)9-10-25)24-22-7-12-26-23(22)27-20-28-24/h1-7,11-13,20H,8-10,14-19H2,(H,26,27,28). The van der Waals surface area contributed by atoms with Crippen molar-refractivity contribution in [3.05, 3.63) is 72.9 Å². The van der Waals surface area contributed by atoms with Crippen LogP contribution < -0.4 is 4.90 Å². The number of H-pyrrole nitrogens is 1. The molecular weight excluding hydrogens is 476 g/mol. The number of rotatable bonds is 9. The molecule has 4 aromatic rings. The molecule has 1 saturated carbocycles. The lowest BCUT2D eigenvalue weighted by Crippen LogP contribution is -2.60. The second kappa shape index (κ2) is 9.30. The first-order valence-electron chi connectivity index (χ1n) is 12.4. The van der Waals surface area contributed by atoms with Gasteiger partial charge in [-0.1, -0.05) is 30.3 Å². The second-order valence-electron chi connectivity index (χ2n) is 9.57. The Morgan fingerprint density at radius 3 is 2.67 bits per heavy atom. The Bertz CT molecular complexity index is 1420. The third kappa shape index (κ3) is 4.38. The van der Waals surface area contributed by atoms with Gasteiger partial charge in [0.15, 0.2) is 0 Å². The van der Waals surface area contributed by atoms with Crippen LogP contribution in [0.5, 0.6) is 0 Å². The van der Waals surface area contributed by atoms with Crippen LogP contribution in [0.25, 0.3) is 11.0 Å². The summed E-state index contributed by atoms with van der Waals surface area (Å²) in [5.41, 5.74) is 1.54. The van der Waals surface area contributed by atoms with Crippen LogP contribution in [0, 0.1) is 0 Å². The quantitative estimate of drug-likeness (QED) is 0.374. The van der Waals surface area contributed by atoms with Gasteiger partial charge in [0.25, 0.3) is 10.2 Å². The van der Waals surface area contributed by atoms with Gasteiger partial charge in [0.2, 0.25) is 0 Å². The van der Waals surface area contributed by atoms with Crippen molar-refractivity contribution in [2.24, 2.45) is 0 Å². The molecule has 0 atom stereocenters. The highest BCUT2D eigenvalue weighted by molar-refractivity contribution is 7.86. The van der Waals surface area contributed by atoms with Gasteiger partial charge in [-0.15, -0.1) is 0 Å². The summed E-state index contributed by atoms with van der Waals surface area (Å²) >= 11 is 0. The van der Waals surface area contributed by atoms with Gasteiger partial charge in [-0.05, 0) is 37.0 Å². The number of benzene rings is 1. The first-order valence-corrected chi connectivity index (χ1v) is 13.8. The van der Waals surface area contributed by atoms with Crippen molar-refractivity contribution in [2.75, 3.05) is 37.6 Å². The molecule has 1 saturated heterocycles. The van der Waals surface area contributed by atoms with E-state index in [0.717, 1.165) is 35.3 Å². The predicted octanol–water partition coefficient (Wildman–Crippen LogP) is 2.30. The van der Waals surface area contributed by atoms with Crippen molar-refractivity contribution in [3.63, 3.8) is 0 Å². The topological polar surface area (TPSA) is 103 Å². The molecule has 0 radical (unpaired) electrons. The van der Waals surface area contributed by atoms with Crippen molar-refractivity contribution >= 4 is 27.1 Å². The number of hydrogen-bond acceptors (Lipinski definition) is 6. The Hall–Kier alpha value is -3.28. The number of anilines is 1. The van der Waals surface area contributed by atoms with Gasteiger partial charge in [-0.2, -0.15) is 22.1 Å². The number of nitrogens with zero attached hydrogens (tertiary/aromatic N) is 7. The molecule has 0 unspecified atom stereocenters. The molecule has 36 heavy (non-hydrogen) atoms. The molecule has 10 nitrogen and oxygen atoms in total. The second-order valence-corrected chi connectivity index (χ2v) is 11.4. The molecule has 2 aliphatic rings. The van der Waals surface area contributed by atoms with Gasteiger partial charge < -0.3 is 9.88 Å². The molecule has 1 aromatic carbocycles. The molecule has 4 heterocycles. The molecule has 11 heteroatoms. The molecular formula is C25H30N8O2S. The summed E-state index contributed by atoms with van der Waals surface area (Å²) in [5.74, 6) is 0.865. The van der Waals surface area contributed by atoms with Crippen molar-refractivity contribution in [1.82, 2.24) is 33.3 Å². The Labute approximate surface area is 210 Å². The number of fused-ring (bicyclic) bond motifs is 1. The molecule has 6 rings (SSSR count). The lowest BCUT2D eigenvalue weighted by Gasteiger charge is -2.43. The highest BCUT2D eigenvalue weighted by atomic mass is 32.2. The van der Waals surface area contributed by atoms with Crippen LogP contribution in [-0.4, -0.2) is 80.0 Å². The third-order valence-corrected chi connectivity index (χ3v) is 9.43. The molecule has 188 valence electrons. The highest BCUT2D eigenvalue weighted by Crippen LogP contribution is 2.47. The normalized spacial score (nSPS) is 17.9. The maximum absolute atomic E-state index is 14.1. The summed E-state index contributed by atoms with van der Waals surface area (Å²) in [5, 5.41) is 5.23. The smallest absolute Gasteiger partial charge is 0.282 e. The SMILES string of the molecule is O=S(=O)(N(CCc1ccccc1)CCn1cccn1)N1CCN(c2ncnc3[nH]ccc23)CC12CC2. The van der Waals surface area contributed by atoms with Crippen molar-refractivity contribution in [2.45, 2.75) is 31.3 Å². The molecule has 1 N–H and O–H groups in total. The number of piperazine rings is 1. The van der Waals surface area contributed by atoms with E-state index in [1.807, 2.05) is 54.9 Å². The minimum atomic E-state index is -3.67. The fourth-order valence-corrected chi connectivity index (χ4v) is 7.15.